The summed E-state index contributed by atoms with van der Waals surface area (Å²) >= 11 is 3.29. The minimum Gasteiger partial charge on any atom is -0.342 e. The second-order valence-corrected chi connectivity index (χ2v) is 5.31. The predicted molar refractivity (Wildman–Crippen MR) is 77.0 cm³/mol. The molecule has 1 saturated heterocycles. The SMILES string of the molecule is O=CN1CCN(C(=O)C(=O)Nc2ccc(Br)cc2)CC1. The summed E-state index contributed by atoms with van der Waals surface area (Å²) in [6, 6.07) is 6.98. The smallest absolute Gasteiger partial charge is 0.313 e. The zero-order valence-electron chi connectivity index (χ0n) is 10.7. The third-order valence-electron chi connectivity index (χ3n) is 3.05. The number of amides is 3. The Bertz CT molecular complexity index is 510. The zero-order valence-corrected chi connectivity index (χ0v) is 12.3. The molecule has 0 bridgehead atoms. The molecular weight excluding hydrogens is 326 g/mol. The van der Waals surface area contributed by atoms with Gasteiger partial charge in [0.25, 0.3) is 0 Å². The van der Waals surface area contributed by atoms with Gasteiger partial charge < -0.3 is 15.1 Å². The Kier molecular flexibility index (Phi) is 4.73. The largest absolute Gasteiger partial charge is 0.342 e. The van der Waals surface area contributed by atoms with E-state index in [0.29, 0.717) is 31.9 Å². The van der Waals surface area contributed by atoms with Crippen LogP contribution in [0.5, 0.6) is 0 Å². The molecule has 1 aromatic carbocycles. The first-order valence-electron chi connectivity index (χ1n) is 6.15. The lowest BCUT2D eigenvalue weighted by molar-refractivity contribution is -0.144. The van der Waals surface area contributed by atoms with E-state index in [0.717, 1.165) is 10.9 Å². The molecular formula is C13H14BrN3O3. The number of benzene rings is 1. The first-order valence-corrected chi connectivity index (χ1v) is 6.94. The van der Waals surface area contributed by atoms with Gasteiger partial charge in [0.15, 0.2) is 0 Å². The molecule has 1 heterocycles. The summed E-state index contributed by atoms with van der Waals surface area (Å²) < 4.78 is 0.895. The molecule has 3 amide bonds. The van der Waals surface area contributed by atoms with Gasteiger partial charge in [0.1, 0.15) is 0 Å². The highest BCUT2D eigenvalue weighted by molar-refractivity contribution is 9.10. The molecule has 0 aromatic heterocycles. The quantitative estimate of drug-likeness (QED) is 0.636. The fourth-order valence-corrected chi connectivity index (χ4v) is 2.16. The van der Waals surface area contributed by atoms with E-state index in [2.05, 4.69) is 21.2 Å². The minimum absolute atomic E-state index is 0.380. The molecule has 0 saturated carbocycles. The number of halogens is 1. The van der Waals surface area contributed by atoms with Crippen molar-refractivity contribution in [3.8, 4) is 0 Å². The molecule has 1 aromatic rings. The Hall–Kier alpha value is -1.89. The van der Waals surface area contributed by atoms with E-state index >= 15 is 0 Å². The lowest BCUT2D eigenvalue weighted by Gasteiger charge is -2.31. The maximum absolute atomic E-state index is 12.0. The van der Waals surface area contributed by atoms with Gasteiger partial charge in [-0.15, -0.1) is 0 Å². The number of hydrogen-bond donors (Lipinski definition) is 1. The molecule has 106 valence electrons. The van der Waals surface area contributed by atoms with E-state index in [1.807, 2.05) is 0 Å². The van der Waals surface area contributed by atoms with Crippen molar-refractivity contribution >= 4 is 39.8 Å². The van der Waals surface area contributed by atoms with Gasteiger partial charge in [-0.05, 0) is 24.3 Å². The second kappa shape index (κ2) is 6.51. The van der Waals surface area contributed by atoms with E-state index in [-0.39, 0.29) is 0 Å². The predicted octanol–water partition coefficient (Wildman–Crippen LogP) is 0.688. The fraction of sp³-hybridized carbons (Fsp3) is 0.308. The summed E-state index contributed by atoms with van der Waals surface area (Å²) in [5, 5.41) is 2.56. The molecule has 1 fully saturated rings. The van der Waals surface area contributed by atoms with Crippen molar-refractivity contribution in [2.75, 3.05) is 31.5 Å². The summed E-state index contributed by atoms with van der Waals surface area (Å²) in [6.07, 6.45) is 0.754. The number of nitrogens with zero attached hydrogens (tertiary/aromatic N) is 2. The van der Waals surface area contributed by atoms with Crippen LogP contribution in [0.3, 0.4) is 0 Å². The molecule has 1 aliphatic rings. The standard InChI is InChI=1S/C13H14BrN3O3/c14-10-1-3-11(4-2-10)15-12(19)13(20)17-7-5-16(9-18)6-8-17/h1-4,9H,5-8H2,(H,15,19). The Balaban J connectivity index is 1.90. The minimum atomic E-state index is -0.660. The topological polar surface area (TPSA) is 69.7 Å². The molecule has 2 rings (SSSR count). The maximum atomic E-state index is 12.0. The second-order valence-electron chi connectivity index (χ2n) is 4.39. The summed E-state index contributed by atoms with van der Waals surface area (Å²) in [4.78, 5) is 37.4. The van der Waals surface area contributed by atoms with Crippen LogP contribution in [0.2, 0.25) is 0 Å². The third kappa shape index (κ3) is 3.57. The Morgan fingerprint density at radius 1 is 1.10 bits per heavy atom. The molecule has 0 radical (unpaired) electrons. The first-order chi connectivity index (χ1) is 9.60. The van der Waals surface area contributed by atoms with Gasteiger partial charge in [-0.3, -0.25) is 14.4 Å². The molecule has 1 aliphatic heterocycles. The van der Waals surface area contributed by atoms with Crippen molar-refractivity contribution in [1.29, 1.82) is 0 Å². The van der Waals surface area contributed by atoms with Gasteiger partial charge >= 0.3 is 11.8 Å². The van der Waals surface area contributed by atoms with Crippen LogP contribution < -0.4 is 5.32 Å². The van der Waals surface area contributed by atoms with Gasteiger partial charge in [0.05, 0.1) is 0 Å². The van der Waals surface area contributed by atoms with E-state index in [1.165, 1.54) is 4.90 Å². The number of carbonyl (C=O) groups is 3. The number of rotatable bonds is 2. The van der Waals surface area contributed by atoms with Crippen LogP contribution in [0.25, 0.3) is 0 Å². The van der Waals surface area contributed by atoms with E-state index < -0.39 is 11.8 Å². The highest BCUT2D eigenvalue weighted by Gasteiger charge is 2.25. The average Bonchev–Trinajstić information content (AvgIpc) is 2.49. The van der Waals surface area contributed by atoms with Gasteiger partial charge in [0, 0.05) is 36.3 Å². The fourth-order valence-electron chi connectivity index (χ4n) is 1.89. The average molecular weight is 340 g/mol. The van der Waals surface area contributed by atoms with Crippen molar-refractivity contribution in [3.63, 3.8) is 0 Å². The van der Waals surface area contributed by atoms with Crippen LogP contribution in [0, 0.1) is 0 Å². The molecule has 0 spiro atoms. The number of carbonyl (C=O) groups excluding carboxylic acids is 3. The molecule has 1 N–H and O–H groups in total. The van der Waals surface area contributed by atoms with Crippen molar-refractivity contribution < 1.29 is 14.4 Å². The Morgan fingerprint density at radius 2 is 1.70 bits per heavy atom. The Labute approximate surface area is 124 Å². The van der Waals surface area contributed by atoms with E-state index in [1.54, 1.807) is 29.2 Å². The van der Waals surface area contributed by atoms with Gasteiger partial charge in [-0.1, -0.05) is 15.9 Å². The van der Waals surface area contributed by atoms with Crippen LogP contribution in [-0.4, -0.2) is 54.2 Å². The first kappa shape index (κ1) is 14.5. The summed E-state index contributed by atoms with van der Waals surface area (Å²) in [5.41, 5.74) is 0.568. The molecule has 0 atom stereocenters. The van der Waals surface area contributed by atoms with Gasteiger partial charge in [-0.2, -0.15) is 0 Å². The highest BCUT2D eigenvalue weighted by Crippen LogP contribution is 2.14. The zero-order chi connectivity index (χ0) is 14.5. The highest BCUT2D eigenvalue weighted by atomic mass is 79.9. The van der Waals surface area contributed by atoms with Gasteiger partial charge in [0.2, 0.25) is 6.41 Å². The van der Waals surface area contributed by atoms with E-state index in [9.17, 15) is 14.4 Å². The van der Waals surface area contributed by atoms with Crippen LogP contribution in [-0.2, 0) is 14.4 Å². The summed E-state index contributed by atoms with van der Waals surface area (Å²) in [7, 11) is 0. The van der Waals surface area contributed by atoms with Crippen LogP contribution in [0.1, 0.15) is 0 Å². The summed E-state index contributed by atoms with van der Waals surface area (Å²) in [5.74, 6) is -1.23. The maximum Gasteiger partial charge on any atom is 0.313 e. The molecule has 0 aliphatic carbocycles. The van der Waals surface area contributed by atoms with Crippen LogP contribution in [0.15, 0.2) is 28.7 Å². The van der Waals surface area contributed by atoms with E-state index in [4.69, 9.17) is 0 Å². The number of nitrogens with one attached hydrogen (secondary N) is 1. The normalized spacial score (nSPS) is 14.8. The monoisotopic (exact) mass is 339 g/mol. The third-order valence-corrected chi connectivity index (χ3v) is 3.58. The molecule has 20 heavy (non-hydrogen) atoms. The molecule has 0 unspecified atom stereocenters. The van der Waals surface area contributed by atoms with Crippen molar-refractivity contribution in [2.45, 2.75) is 0 Å². The van der Waals surface area contributed by atoms with Crippen LogP contribution >= 0.6 is 15.9 Å². The van der Waals surface area contributed by atoms with Crippen molar-refractivity contribution in [3.05, 3.63) is 28.7 Å². The molecule has 7 heteroatoms. The van der Waals surface area contributed by atoms with Gasteiger partial charge in [-0.25, -0.2) is 0 Å². The molecule has 6 nitrogen and oxygen atoms in total. The number of anilines is 1. The number of piperazine rings is 1. The summed E-state index contributed by atoms with van der Waals surface area (Å²) in [6.45, 7) is 1.68. The van der Waals surface area contributed by atoms with Crippen molar-refractivity contribution in [2.24, 2.45) is 0 Å². The van der Waals surface area contributed by atoms with Crippen molar-refractivity contribution in [1.82, 2.24) is 9.80 Å². The van der Waals surface area contributed by atoms with Crippen LogP contribution in [0.4, 0.5) is 5.69 Å². The Morgan fingerprint density at radius 3 is 2.25 bits per heavy atom. The lowest BCUT2D eigenvalue weighted by Crippen LogP contribution is -2.51. The number of hydrogen-bond acceptors (Lipinski definition) is 3. The lowest BCUT2D eigenvalue weighted by atomic mass is 10.3.